The molecule has 100 valence electrons. The molecular formula is C15H17NO3. The molecule has 0 saturated carbocycles. The molecule has 19 heavy (non-hydrogen) atoms. The van der Waals surface area contributed by atoms with Crippen molar-refractivity contribution in [3.63, 3.8) is 0 Å². The van der Waals surface area contributed by atoms with Crippen LogP contribution in [-0.2, 0) is 9.53 Å². The lowest BCUT2D eigenvalue weighted by atomic mass is 10.0. The van der Waals surface area contributed by atoms with Crippen molar-refractivity contribution in [2.24, 2.45) is 0 Å². The Bertz CT molecular complexity index is 503. The number of dihydropyridines is 1. The van der Waals surface area contributed by atoms with Gasteiger partial charge in [0.05, 0.1) is 25.3 Å². The van der Waals surface area contributed by atoms with E-state index in [1.165, 1.54) is 0 Å². The van der Waals surface area contributed by atoms with Gasteiger partial charge in [-0.05, 0) is 43.0 Å². The molecule has 0 radical (unpaired) electrons. The standard InChI is InChI=1S/C15H17NO3/c1-3-19-15(17)12-8-9-16-14(10-12)11-4-6-13(18-2)7-5-11/h4-10,14,16H,3H2,1-2H3. The van der Waals surface area contributed by atoms with Gasteiger partial charge in [-0.15, -0.1) is 0 Å². The number of carbonyl (C=O) groups excluding carboxylic acids is 1. The second-order valence-corrected chi connectivity index (χ2v) is 4.09. The molecule has 4 nitrogen and oxygen atoms in total. The maximum absolute atomic E-state index is 11.7. The Hall–Kier alpha value is -2.23. The first kappa shape index (κ1) is 13.2. The summed E-state index contributed by atoms with van der Waals surface area (Å²) in [7, 11) is 1.63. The van der Waals surface area contributed by atoms with E-state index >= 15 is 0 Å². The number of methoxy groups -OCH3 is 1. The van der Waals surface area contributed by atoms with Gasteiger partial charge >= 0.3 is 5.97 Å². The van der Waals surface area contributed by atoms with E-state index in [0.29, 0.717) is 12.2 Å². The minimum absolute atomic E-state index is 0.0321. The van der Waals surface area contributed by atoms with Gasteiger partial charge in [0.2, 0.25) is 0 Å². The third kappa shape index (κ3) is 3.16. The van der Waals surface area contributed by atoms with E-state index in [-0.39, 0.29) is 12.0 Å². The van der Waals surface area contributed by atoms with Crippen LogP contribution in [0, 0.1) is 0 Å². The summed E-state index contributed by atoms with van der Waals surface area (Å²) >= 11 is 0. The molecule has 0 amide bonds. The molecule has 2 rings (SSSR count). The van der Waals surface area contributed by atoms with Gasteiger partial charge in [-0.1, -0.05) is 12.1 Å². The zero-order valence-electron chi connectivity index (χ0n) is 11.1. The van der Waals surface area contributed by atoms with Gasteiger partial charge in [0.15, 0.2) is 0 Å². The van der Waals surface area contributed by atoms with Crippen molar-refractivity contribution in [2.45, 2.75) is 13.0 Å². The van der Waals surface area contributed by atoms with Crippen LogP contribution in [0.25, 0.3) is 0 Å². The van der Waals surface area contributed by atoms with Gasteiger partial charge in [0.1, 0.15) is 5.75 Å². The number of carbonyl (C=O) groups is 1. The van der Waals surface area contributed by atoms with E-state index < -0.39 is 0 Å². The maximum Gasteiger partial charge on any atom is 0.337 e. The van der Waals surface area contributed by atoms with Gasteiger partial charge in [-0.2, -0.15) is 0 Å². The number of nitrogens with one attached hydrogen (secondary N) is 1. The van der Waals surface area contributed by atoms with Crippen LogP contribution in [0.3, 0.4) is 0 Å². The van der Waals surface area contributed by atoms with Crippen LogP contribution in [-0.4, -0.2) is 19.7 Å². The molecule has 0 aliphatic carbocycles. The van der Waals surface area contributed by atoms with Crippen molar-refractivity contribution in [2.75, 3.05) is 13.7 Å². The van der Waals surface area contributed by atoms with E-state index in [4.69, 9.17) is 9.47 Å². The lowest BCUT2D eigenvalue weighted by molar-refractivity contribution is -0.138. The molecule has 0 fully saturated rings. The van der Waals surface area contributed by atoms with E-state index in [9.17, 15) is 4.79 Å². The SMILES string of the molecule is CCOC(=O)C1=CC(c2ccc(OC)cc2)NC=C1. The fourth-order valence-electron chi connectivity index (χ4n) is 1.88. The fourth-order valence-corrected chi connectivity index (χ4v) is 1.88. The third-order valence-corrected chi connectivity index (χ3v) is 2.87. The van der Waals surface area contributed by atoms with Crippen molar-refractivity contribution in [1.29, 1.82) is 0 Å². The molecule has 1 aliphatic heterocycles. The highest BCUT2D eigenvalue weighted by atomic mass is 16.5. The largest absolute Gasteiger partial charge is 0.497 e. The highest BCUT2D eigenvalue weighted by molar-refractivity contribution is 5.92. The molecule has 0 aromatic heterocycles. The number of ether oxygens (including phenoxy) is 2. The van der Waals surface area contributed by atoms with Crippen molar-refractivity contribution in [1.82, 2.24) is 5.32 Å². The molecule has 1 aromatic rings. The van der Waals surface area contributed by atoms with Gasteiger partial charge in [0.25, 0.3) is 0 Å². The van der Waals surface area contributed by atoms with Crippen LogP contribution in [0.2, 0.25) is 0 Å². The normalized spacial score (nSPS) is 17.4. The van der Waals surface area contributed by atoms with Gasteiger partial charge < -0.3 is 14.8 Å². The molecule has 0 spiro atoms. The van der Waals surface area contributed by atoms with Crippen LogP contribution in [0.1, 0.15) is 18.5 Å². The van der Waals surface area contributed by atoms with Crippen LogP contribution >= 0.6 is 0 Å². The smallest absolute Gasteiger partial charge is 0.337 e. The van der Waals surface area contributed by atoms with E-state index in [0.717, 1.165) is 11.3 Å². The number of hydrogen-bond acceptors (Lipinski definition) is 4. The Kier molecular flexibility index (Phi) is 4.23. The molecule has 1 N–H and O–H groups in total. The van der Waals surface area contributed by atoms with Gasteiger partial charge in [-0.25, -0.2) is 4.79 Å². The molecule has 1 aromatic carbocycles. The monoisotopic (exact) mass is 259 g/mol. The topological polar surface area (TPSA) is 47.6 Å². The predicted molar refractivity (Wildman–Crippen MR) is 72.7 cm³/mol. The average molecular weight is 259 g/mol. The summed E-state index contributed by atoms with van der Waals surface area (Å²) < 4.78 is 10.1. The second kappa shape index (κ2) is 6.09. The van der Waals surface area contributed by atoms with E-state index in [1.807, 2.05) is 30.3 Å². The van der Waals surface area contributed by atoms with Crippen LogP contribution in [0.15, 0.2) is 48.2 Å². The van der Waals surface area contributed by atoms with E-state index in [2.05, 4.69) is 5.32 Å². The van der Waals surface area contributed by atoms with E-state index in [1.54, 1.807) is 26.3 Å². The number of benzene rings is 1. The molecular weight excluding hydrogens is 242 g/mol. The fraction of sp³-hybridized carbons (Fsp3) is 0.267. The van der Waals surface area contributed by atoms with Crippen molar-refractivity contribution in [3.8, 4) is 5.75 Å². The Morgan fingerprint density at radius 2 is 2.05 bits per heavy atom. The summed E-state index contributed by atoms with van der Waals surface area (Å²) in [5.74, 6) is 0.517. The summed E-state index contributed by atoms with van der Waals surface area (Å²) in [5, 5.41) is 3.19. The molecule has 1 atom stereocenters. The lowest BCUT2D eigenvalue weighted by Crippen LogP contribution is -2.19. The predicted octanol–water partition coefficient (Wildman–Crippen LogP) is 2.34. The number of hydrogen-bond donors (Lipinski definition) is 1. The second-order valence-electron chi connectivity index (χ2n) is 4.09. The number of rotatable bonds is 4. The van der Waals surface area contributed by atoms with Gasteiger partial charge in [0, 0.05) is 0 Å². The first-order chi connectivity index (χ1) is 9.24. The summed E-state index contributed by atoms with van der Waals surface area (Å²) in [6, 6.07) is 7.69. The summed E-state index contributed by atoms with van der Waals surface area (Å²) in [6.07, 6.45) is 5.35. The molecule has 0 saturated heterocycles. The van der Waals surface area contributed by atoms with Gasteiger partial charge in [-0.3, -0.25) is 0 Å². The third-order valence-electron chi connectivity index (χ3n) is 2.87. The zero-order chi connectivity index (χ0) is 13.7. The highest BCUT2D eigenvalue weighted by Crippen LogP contribution is 2.22. The molecule has 4 heteroatoms. The minimum Gasteiger partial charge on any atom is -0.497 e. The Balaban J connectivity index is 2.16. The zero-order valence-corrected chi connectivity index (χ0v) is 11.1. The maximum atomic E-state index is 11.7. The van der Waals surface area contributed by atoms with Crippen LogP contribution in [0.4, 0.5) is 0 Å². The molecule has 1 heterocycles. The summed E-state index contributed by atoms with van der Waals surface area (Å²) in [6.45, 7) is 2.18. The van der Waals surface area contributed by atoms with Crippen LogP contribution < -0.4 is 10.1 Å². The Morgan fingerprint density at radius 1 is 1.32 bits per heavy atom. The summed E-state index contributed by atoms with van der Waals surface area (Å²) in [4.78, 5) is 11.7. The minimum atomic E-state index is -0.293. The molecule has 0 bridgehead atoms. The Morgan fingerprint density at radius 3 is 2.68 bits per heavy atom. The quantitative estimate of drug-likeness (QED) is 0.843. The lowest BCUT2D eigenvalue weighted by Gasteiger charge is -2.19. The first-order valence-corrected chi connectivity index (χ1v) is 6.20. The van der Waals surface area contributed by atoms with Crippen LogP contribution in [0.5, 0.6) is 5.75 Å². The molecule has 1 unspecified atom stereocenters. The summed E-state index contributed by atoms with van der Waals surface area (Å²) in [5.41, 5.74) is 1.63. The Labute approximate surface area is 112 Å². The van der Waals surface area contributed by atoms with Crippen molar-refractivity contribution >= 4 is 5.97 Å². The average Bonchev–Trinajstić information content (AvgIpc) is 2.48. The molecule has 1 aliphatic rings. The first-order valence-electron chi connectivity index (χ1n) is 6.20. The van der Waals surface area contributed by atoms with Crippen molar-refractivity contribution < 1.29 is 14.3 Å². The number of esters is 1. The van der Waals surface area contributed by atoms with Crippen molar-refractivity contribution in [3.05, 3.63) is 53.8 Å². The highest BCUT2D eigenvalue weighted by Gasteiger charge is 2.16.